The van der Waals surface area contributed by atoms with E-state index in [0.717, 1.165) is 11.3 Å². The number of carbonyl (C=O) groups is 1. The van der Waals surface area contributed by atoms with Gasteiger partial charge >= 0.3 is 6.03 Å². The van der Waals surface area contributed by atoms with Crippen molar-refractivity contribution in [3.05, 3.63) is 47.5 Å². The minimum Gasteiger partial charge on any atom is -0.390 e. The van der Waals surface area contributed by atoms with Crippen LogP contribution >= 0.6 is 11.6 Å². The first-order valence-corrected chi connectivity index (χ1v) is 7.64. The van der Waals surface area contributed by atoms with Crippen molar-refractivity contribution in [1.82, 2.24) is 10.2 Å². The summed E-state index contributed by atoms with van der Waals surface area (Å²) in [5.41, 5.74) is 1.86. The summed E-state index contributed by atoms with van der Waals surface area (Å²) < 4.78 is 0. The fraction of sp³-hybridized carbons (Fsp3) is 0.375. The van der Waals surface area contributed by atoms with E-state index in [1.807, 2.05) is 31.2 Å². The van der Waals surface area contributed by atoms with Gasteiger partial charge in [0.05, 0.1) is 12.3 Å². The van der Waals surface area contributed by atoms with Crippen LogP contribution in [0.25, 0.3) is 0 Å². The van der Waals surface area contributed by atoms with Gasteiger partial charge in [0.15, 0.2) is 6.10 Å². The molecule has 0 bridgehead atoms. The van der Waals surface area contributed by atoms with E-state index in [1.54, 1.807) is 11.0 Å². The standard InChI is InChI=1S/C16H20ClN3O2/c1-3-9-20(16(21)18-4-2)11-14-10-15(19-22-14)12-5-7-13(17)8-6-12/h3,5-8,14H,1,4,9-11H2,2H3,(H,18,21)/t14-/m1/s1. The zero-order chi connectivity index (χ0) is 15.9. The van der Waals surface area contributed by atoms with E-state index in [-0.39, 0.29) is 12.1 Å². The molecule has 1 aromatic carbocycles. The molecule has 1 heterocycles. The summed E-state index contributed by atoms with van der Waals surface area (Å²) in [7, 11) is 0. The number of oxime groups is 1. The van der Waals surface area contributed by atoms with E-state index in [9.17, 15) is 4.79 Å². The number of rotatable bonds is 6. The summed E-state index contributed by atoms with van der Waals surface area (Å²) in [6.07, 6.45) is 2.22. The third-order valence-corrected chi connectivity index (χ3v) is 3.55. The van der Waals surface area contributed by atoms with Crippen LogP contribution in [0.15, 0.2) is 42.1 Å². The Bertz CT molecular complexity index is 557. The highest BCUT2D eigenvalue weighted by Gasteiger charge is 2.26. The molecular formula is C16H20ClN3O2. The third-order valence-electron chi connectivity index (χ3n) is 3.30. The molecular weight excluding hydrogens is 302 g/mol. The summed E-state index contributed by atoms with van der Waals surface area (Å²) in [6, 6.07) is 7.36. The lowest BCUT2D eigenvalue weighted by atomic mass is 10.0. The molecule has 6 heteroatoms. The lowest BCUT2D eigenvalue weighted by Crippen LogP contribution is -2.43. The van der Waals surface area contributed by atoms with E-state index < -0.39 is 0 Å². The smallest absolute Gasteiger partial charge is 0.317 e. The Labute approximate surface area is 135 Å². The average Bonchev–Trinajstić information content (AvgIpc) is 2.96. The van der Waals surface area contributed by atoms with Crippen LogP contribution in [0.5, 0.6) is 0 Å². The van der Waals surface area contributed by atoms with Crippen molar-refractivity contribution < 1.29 is 9.63 Å². The monoisotopic (exact) mass is 321 g/mol. The average molecular weight is 322 g/mol. The summed E-state index contributed by atoms with van der Waals surface area (Å²) >= 11 is 5.88. The maximum atomic E-state index is 12.0. The van der Waals surface area contributed by atoms with E-state index in [2.05, 4.69) is 17.1 Å². The Morgan fingerprint density at radius 1 is 1.55 bits per heavy atom. The van der Waals surface area contributed by atoms with Crippen LogP contribution in [0.2, 0.25) is 5.02 Å². The second-order valence-electron chi connectivity index (χ2n) is 5.01. The lowest BCUT2D eigenvalue weighted by molar-refractivity contribution is 0.0630. The fourth-order valence-electron chi connectivity index (χ4n) is 2.24. The number of urea groups is 1. The highest BCUT2D eigenvalue weighted by Crippen LogP contribution is 2.19. The number of hydrogen-bond donors (Lipinski definition) is 1. The maximum Gasteiger partial charge on any atom is 0.317 e. The number of nitrogens with zero attached hydrogens (tertiary/aromatic N) is 2. The molecule has 0 spiro atoms. The van der Waals surface area contributed by atoms with Crippen LogP contribution < -0.4 is 5.32 Å². The molecule has 0 unspecified atom stereocenters. The summed E-state index contributed by atoms with van der Waals surface area (Å²) in [5.74, 6) is 0. The highest BCUT2D eigenvalue weighted by atomic mass is 35.5. The Morgan fingerprint density at radius 3 is 2.91 bits per heavy atom. The minimum atomic E-state index is -0.145. The second-order valence-corrected chi connectivity index (χ2v) is 5.44. The zero-order valence-electron chi connectivity index (χ0n) is 12.6. The van der Waals surface area contributed by atoms with Crippen molar-refractivity contribution in [2.75, 3.05) is 19.6 Å². The lowest BCUT2D eigenvalue weighted by Gasteiger charge is -2.23. The van der Waals surface area contributed by atoms with Crippen LogP contribution in [-0.2, 0) is 4.84 Å². The van der Waals surface area contributed by atoms with E-state index in [4.69, 9.17) is 16.4 Å². The van der Waals surface area contributed by atoms with E-state index in [1.165, 1.54) is 0 Å². The zero-order valence-corrected chi connectivity index (χ0v) is 13.3. The van der Waals surface area contributed by atoms with Gasteiger partial charge in [-0.3, -0.25) is 0 Å². The van der Waals surface area contributed by atoms with Crippen LogP contribution in [0.4, 0.5) is 4.79 Å². The number of nitrogens with one attached hydrogen (secondary N) is 1. The number of benzene rings is 1. The van der Waals surface area contributed by atoms with Crippen molar-refractivity contribution >= 4 is 23.3 Å². The largest absolute Gasteiger partial charge is 0.390 e. The second kappa shape index (κ2) is 7.84. The first-order valence-electron chi connectivity index (χ1n) is 7.26. The molecule has 2 amide bonds. The highest BCUT2D eigenvalue weighted by molar-refractivity contribution is 6.30. The molecule has 0 aliphatic carbocycles. The van der Waals surface area contributed by atoms with Gasteiger partial charge in [-0.2, -0.15) is 0 Å². The van der Waals surface area contributed by atoms with E-state index >= 15 is 0 Å². The van der Waals surface area contributed by atoms with Gasteiger partial charge in [0.1, 0.15) is 0 Å². The molecule has 0 radical (unpaired) electrons. The molecule has 1 aliphatic rings. The van der Waals surface area contributed by atoms with Crippen molar-refractivity contribution in [1.29, 1.82) is 0 Å². The molecule has 1 aromatic rings. The van der Waals surface area contributed by atoms with Crippen molar-refractivity contribution in [3.63, 3.8) is 0 Å². The minimum absolute atomic E-state index is 0.119. The molecule has 0 fully saturated rings. The van der Waals surface area contributed by atoms with E-state index in [0.29, 0.717) is 31.1 Å². The first-order chi connectivity index (χ1) is 10.6. The van der Waals surface area contributed by atoms with Gasteiger partial charge in [-0.15, -0.1) is 6.58 Å². The molecule has 2 rings (SSSR count). The van der Waals surface area contributed by atoms with Gasteiger partial charge in [0.25, 0.3) is 0 Å². The molecule has 118 valence electrons. The summed E-state index contributed by atoms with van der Waals surface area (Å²) in [6.45, 7) is 7.10. The summed E-state index contributed by atoms with van der Waals surface area (Å²) in [4.78, 5) is 19.1. The topological polar surface area (TPSA) is 53.9 Å². The van der Waals surface area contributed by atoms with Gasteiger partial charge in [-0.05, 0) is 24.6 Å². The molecule has 0 aromatic heterocycles. The summed E-state index contributed by atoms with van der Waals surface area (Å²) in [5, 5.41) is 7.60. The maximum absolute atomic E-state index is 12.0. The SMILES string of the molecule is C=CCN(C[C@H]1CC(c2ccc(Cl)cc2)=NO1)C(=O)NCC. The van der Waals surface area contributed by atoms with Gasteiger partial charge in [0, 0.05) is 24.5 Å². The molecule has 1 N–H and O–H groups in total. The fourth-order valence-corrected chi connectivity index (χ4v) is 2.37. The molecule has 1 aliphatic heterocycles. The normalized spacial score (nSPS) is 16.6. The van der Waals surface area contributed by atoms with Crippen molar-refractivity contribution in [2.24, 2.45) is 5.16 Å². The predicted molar refractivity (Wildman–Crippen MR) is 88.3 cm³/mol. The molecule has 22 heavy (non-hydrogen) atoms. The van der Waals surface area contributed by atoms with Gasteiger partial charge in [0.2, 0.25) is 0 Å². The Hall–Kier alpha value is -2.01. The van der Waals surface area contributed by atoms with Gasteiger partial charge in [-0.1, -0.05) is 35.0 Å². The molecule has 0 saturated heterocycles. The molecule has 5 nitrogen and oxygen atoms in total. The number of amides is 2. The first kappa shape index (κ1) is 16.4. The molecule has 1 atom stereocenters. The van der Waals surface area contributed by atoms with Crippen LogP contribution in [0.3, 0.4) is 0 Å². The Balaban J connectivity index is 1.94. The third kappa shape index (κ3) is 4.24. The Morgan fingerprint density at radius 2 is 2.27 bits per heavy atom. The number of hydrogen-bond acceptors (Lipinski definition) is 3. The molecule has 0 saturated carbocycles. The predicted octanol–water partition coefficient (Wildman–Crippen LogP) is 3.05. The van der Waals surface area contributed by atoms with Crippen molar-refractivity contribution in [2.45, 2.75) is 19.4 Å². The van der Waals surface area contributed by atoms with Gasteiger partial charge < -0.3 is 15.1 Å². The van der Waals surface area contributed by atoms with Crippen LogP contribution in [0.1, 0.15) is 18.9 Å². The van der Waals surface area contributed by atoms with Crippen LogP contribution in [0, 0.1) is 0 Å². The van der Waals surface area contributed by atoms with Crippen LogP contribution in [-0.4, -0.2) is 42.4 Å². The Kier molecular flexibility index (Phi) is 5.83. The number of halogens is 1. The number of carbonyl (C=O) groups excluding carboxylic acids is 1. The quantitative estimate of drug-likeness (QED) is 0.819. The van der Waals surface area contributed by atoms with Crippen molar-refractivity contribution in [3.8, 4) is 0 Å². The van der Waals surface area contributed by atoms with Gasteiger partial charge in [-0.25, -0.2) is 4.79 Å².